The van der Waals surface area contributed by atoms with Gasteiger partial charge in [-0.15, -0.1) is 0 Å². The molecule has 2 aromatic carbocycles. The molecule has 3 aliphatic rings. The van der Waals surface area contributed by atoms with E-state index in [2.05, 4.69) is 23.5 Å². The molecule has 1 aliphatic carbocycles. The molecule has 2 heterocycles. The summed E-state index contributed by atoms with van der Waals surface area (Å²) in [6, 6.07) is 11.7. The van der Waals surface area contributed by atoms with Crippen molar-refractivity contribution in [1.29, 1.82) is 0 Å². The maximum Gasteiger partial charge on any atom is 0.253 e. The zero-order chi connectivity index (χ0) is 21.4. The summed E-state index contributed by atoms with van der Waals surface area (Å²) in [5.74, 6) is 1.35. The van der Waals surface area contributed by atoms with E-state index in [4.69, 9.17) is 4.74 Å². The Hall–Kier alpha value is -2.95. The average Bonchev–Trinajstić information content (AvgIpc) is 3.14. The largest absolute Gasteiger partial charge is 0.504 e. The molecule has 0 radical (unpaired) electrons. The van der Waals surface area contributed by atoms with Crippen LogP contribution in [-0.4, -0.2) is 36.1 Å². The minimum atomic E-state index is -0.0187. The third kappa shape index (κ3) is 3.56. The van der Waals surface area contributed by atoms with E-state index in [-0.39, 0.29) is 29.5 Å². The summed E-state index contributed by atoms with van der Waals surface area (Å²) in [7, 11) is 1.57. The Morgan fingerprint density at radius 2 is 1.90 bits per heavy atom. The van der Waals surface area contributed by atoms with Gasteiger partial charge in [-0.25, -0.2) is 0 Å². The van der Waals surface area contributed by atoms with Gasteiger partial charge in [-0.05, 0) is 55.0 Å². The Kier molecular flexibility index (Phi) is 5.34. The van der Waals surface area contributed by atoms with Crippen LogP contribution in [0.4, 0.5) is 5.69 Å². The fourth-order valence-electron chi connectivity index (χ4n) is 5.45. The second kappa shape index (κ2) is 8.29. The number of amides is 1. The number of carbonyl (C=O) groups is 1. The topological polar surface area (TPSA) is 61.8 Å². The molecule has 5 heteroatoms. The highest BCUT2D eigenvalue weighted by atomic mass is 16.5. The molecule has 2 N–H and O–H groups in total. The van der Waals surface area contributed by atoms with Gasteiger partial charge in [-0.1, -0.05) is 37.1 Å². The quantitative estimate of drug-likeness (QED) is 0.669. The van der Waals surface area contributed by atoms with Crippen LogP contribution < -0.4 is 10.1 Å². The number of carbonyl (C=O) groups excluding carboxylic acids is 1. The molecular weight excluding hydrogens is 388 g/mol. The van der Waals surface area contributed by atoms with Gasteiger partial charge in [0.2, 0.25) is 0 Å². The predicted octanol–water partition coefficient (Wildman–Crippen LogP) is 5.24. The standard InChI is InChI=1S/C26H30N2O3/c1-31-23-11-7-10-20(25(23)29)24-19-9-6-8-18(19)21-16-17(12-13-22(21)27-24)26(30)28-14-4-2-3-5-15-28/h6-8,10-13,16,18-19,24,27,29H,2-5,9,14-15H2,1H3. The number of likely N-dealkylation sites (tertiary alicyclic amines) is 1. The molecule has 1 saturated heterocycles. The van der Waals surface area contributed by atoms with E-state index >= 15 is 0 Å². The Bertz CT molecular complexity index is 1010. The lowest BCUT2D eigenvalue weighted by Crippen LogP contribution is -2.33. The van der Waals surface area contributed by atoms with Crippen molar-refractivity contribution >= 4 is 11.6 Å². The SMILES string of the molecule is COc1cccc(C2Nc3ccc(C(=O)N4CCCCCC4)cc3C3C=CCC32)c1O. The number of ether oxygens (including phenoxy) is 1. The van der Waals surface area contributed by atoms with Crippen molar-refractivity contribution in [2.45, 2.75) is 44.1 Å². The van der Waals surface area contributed by atoms with Gasteiger partial charge < -0.3 is 20.1 Å². The minimum Gasteiger partial charge on any atom is -0.504 e. The normalized spacial score (nSPS) is 24.7. The maximum absolute atomic E-state index is 13.2. The number of fused-ring (bicyclic) bond motifs is 3. The van der Waals surface area contributed by atoms with E-state index in [1.165, 1.54) is 18.4 Å². The van der Waals surface area contributed by atoms with Crippen molar-refractivity contribution in [3.8, 4) is 11.5 Å². The van der Waals surface area contributed by atoms with Gasteiger partial charge in [0, 0.05) is 35.8 Å². The number of phenolic OH excluding ortho intramolecular Hbond substituents is 1. The smallest absolute Gasteiger partial charge is 0.253 e. The Labute approximate surface area is 183 Å². The minimum absolute atomic E-state index is 0.0187. The summed E-state index contributed by atoms with van der Waals surface area (Å²) in [5.41, 5.74) is 3.85. The van der Waals surface area contributed by atoms with E-state index in [0.717, 1.165) is 49.2 Å². The van der Waals surface area contributed by atoms with Crippen LogP contribution in [0.3, 0.4) is 0 Å². The lowest BCUT2D eigenvalue weighted by molar-refractivity contribution is 0.0761. The number of nitrogens with one attached hydrogen (secondary N) is 1. The zero-order valence-corrected chi connectivity index (χ0v) is 18.0. The molecular formula is C26H30N2O3. The Morgan fingerprint density at radius 1 is 1.10 bits per heavy atom. The lowest BCUT2D eigenvalue weighted by atomic mass is 9.76. The number of rotatable bonds is 3. The fraction of sp³-hybridized carbons (Fsp3) is 0.423. The number of hydrogen-bond acceptors (Lipinski definition) is 4. The summed E-state index contributed by atoms with van der Waals surface area (Å²) >= 11 is 0. The van der Waals surface area contributed by atoms with Gasteiger partial charge in [-0.3, -0.25) is 4.79 Å². The molecule has 1 amide bonds. The molecule has 162 valence electrons. The predicted molar refractivity (Wildman–Crippen MR) is 122 cm³/mol. The molecule has 0 aromatic heterocycles. The summed E-state index contributed by atoms with van der Waals surface area (Å²) < 4.78 is 5.33. The molecule has 3 atom stereocenters. The maximum atomic E-state index is 13.2. The number of hydrogen-bond donors (Lipinski definition) is 2. The van der Waals surface area contributed by atoms with Crippen molar-refractivity contribution in [3.05, 3.63) is 65.2 Å². The molecule has 3 unspecified atom stereocenters. The van der Waals surface area contributed by atoms with Gasteiger partial charge in [0.05, 0.1) is 13.2 Å². The molecule has 1 fully saturated rings. The number of aromatic hydroxyl groups is 1. The van der Waals surface area contributed by atoms with Gasteiger partial charge in [0.1, 0.15) is 0 Å². The first-order valence-electron chi connectivity index (χ1n) is 11.4. The van der Waals surface area contributed by atoms with Crippen molar-refractivity contribution < 1.29 is 14.6 Å². The first kappa shape index (κ1) is 20.0. The summed E-state index contributed by atoms with van der Waals surface area (Å²) in [6.07, 6.45) is 10.0. The molecule has 0 bridgehead atoms. The number of anilines is 1. The summed E-state index contributed by atoms with van der Waals surface area (Å²) in [5, 5.41) is 14.4. The highest BCUT2D eigenvalue weighted by Crippen LogP contribution is 2.52. The van der Waals surface area contributed by atoms with Crippen LogP contribution in [0.5, 0.6) is 11.5 Å². The van der Waals surface area contributed by atoms with Gasteiger partial charge in [0.25, 0.3) is 5.91 Å². The third-order valence-corrected chi connectivity index (χ3v) is 7.09. The molecule has 31 heavy (non-hydrogen) atoms. The third-order valence-electron chi connectivity index (χ3n) is 7.09. The Morgan fingerprint density at radius 3 is 2.68 bits per heavy atom. The van der Waals surface area contributed by atoms with E-state index in [0.29, 0.717) is 5.75 Å². The Balaban J connectivity index is 1.47. The zero-order valence-electron chi connectivity index (χ0n) is 18.0. The van der Waals surface area contributed by atoms with Crippen molar-refractivity contribution in [1.82, 2.24) is 4.90 Å². The van der Waals surface area contributed by atoms with Crippen LogP contribution in [0.1, 0.15) is 65.5 Å². The lowest BCUT2D eigenvalue weighted by Gasteiger charge is -2.38. The van der Waals surface area contributed by atoms with E-state index in [1.807, 2.05) is 29.2 Å². The van der Waals surface area contributed by atoms with Crippen LogP contribution in [0, 0.1) is 5.92 Å². The number of benzene rings is 2. The highest BCUT2D eigenvalue weighted by molar-refractivity contribution is 5.95. The first-order chi connectivity index (χ1) is 15.2. The van der Waals surface area contributed by atoms with Crippen LogP contribution in [0.25, 0.3) is 0 Å². The monoisotopic (exact) mass is 418 g/mol. The second-order valence-corrected chi connectivity index (χ2v) is 8.88. The molecule has 0 spiro atoms. The van der Waals surface area contributed by atoms with Crippen LogP contribution in [0.15, 0.2) is 48.6 Å². The second-order valence-electron chi connectivity index (χ2n) is 8.88. The number of methoxy groups -OCH3 is 1. The number of phenols is 1. The van der Waals surface area contributed by atoms with Crippen molar-refractivity contribution in [3.63, 3.8) is 0 Å². The van der Waals surface area contributed by atoms with E-state index < -0.39 is 0 Å². The van der Waals surface area contributed by atoms with Gasteiger partial charge in [0.15, 0.2) is 11.5 Å². The molecule has 0 saturated carbocycles. The highest BCUT2D eigenvalue weighted by Gasteiger charge is 2.39. The number of para-hydroxylation sites is 1. The molecule has 2 aromatic rings. The van der Waals surface area contributed by atoms with Gasteiger partial charge >= 0.3 is 0 Å². The van der Waals surface area contributed by atoms with Crippen molar-refractivity contribution in [2.75, 3.05) is 25.5 Å². The van der Waals surface area contributed by atoms with Crippen LogP contribution >= 0.6 is 0 Å². The van der Waals surface area contributed by atoms with Gasteiger partial charge in [-0.2, -0.15) is 0 Å². The summed E-state index contributed by atoms with van der Waals surface area (Å²) in [6.45, 7) is 1.72. The molecule has 2 aliphatic heterocycles. The van der Waals surface area contributed by atoms with E-state index in [1.54, 1.807) is 13.2 Å². The average molecular weight is 419 g/mol. The first-order valence-corrected chi connectivity index (χ1v) is 11.4. The molecule has 5 rings (SSSR count). The number of allylic oxidation sites excluding steroid dienone is 2. The number of nitrogens with zero attached hydrogens (tertiary/aromatic N) is 1. The van der Waals surface area contributed by atoms with Crippen LogP contribution in [-0.2, 0) is 0 Å². The van der Waals surface area contributed by atoms with E-state index in [9.17, 15) is 9.90 Å². The molecule has 5 nitrogen and oxygen atoms in total. The summed E-state index contributed by atoms with van der Waals surface area (Å²) in [4.78, 5) is 15.2. The van der Waals surface area contributed by atoms with Crippen LogP contribution in [0.2, 0.25) is 0 Å². The van der Waals surface area contributed by atoms with Crippen molar-refractivity contribution in [2.24, 2.45) is 5.92 Å². The fourth-order valence-corrected chi connectivity index (χ4v) is 5.45.